The van der Waals surface area contributed by atoms with Crippen molar-refractivity contribution in [3.63, 3.8) is 0 Å². The molecule has 0 fully saturated rings. The largest absolute Gasteiger partial charge is 0.376 e. The van der Waals surface area contributed by atoms with Gasteiger partial charge in [-0.1, -0.05) is 35.3 Å². The highest BCUT2D eigenvalue weighted by atomic mass is 35.5. The molecule has 0 saturated heterocycles. The van der Waals surface area contributed by atoms with E-state index in [9.17, 15) is 0 Å². The number of nitrogens with zero attached hydrogens (tertiary/aromatic N) is 1. The molecular weight excluding hydrogens is 221 g/mol. The second-order valence-corrected chi connectivity index (χ2v) is 3.46. The Hall–Kier alpha value is -0.570. The van der Waals surface area contributed by atoms with Crippen molar-refractivity contribution in [2.45, 2.75) is 13.0 Å². The molecule has 0 amide bonds. The Morgan fingerprint density at radius 3 is 2.86 bits per heavy atom. The summed E-state index contributed by atoms with van der Waals surface area (Å²) < 4.78 is 5.34. The lowest BCUT2D eigenvalue weighted by atomic mass is 10.3. The van der Waals surface area contributed by atoms with Crippen molar-refractivity contribution in [2.24, 2.45) is 0 Å². The third-order valence-electron chi connectivity index (χ3n) is 1.62. The van der Waals surface area contributed by atoms with Gasteiger partial charge in [-0.2, -0.15) is 0 Å². The van der Waals surface area contributed by atoms with Gasteiger partial charge in [0.2, 0.25) is 0 Å². The number of pyridine rings is 1. The summed E-state index contributed by atoms with van der Waals surface area (Å²) in [7, 11) is 0. The number of hydrogen-bond acceptors (Lipinski definition) is 2. The summed E-state index contributed by atoms with van der Waals surface area (Å²) in [5.74, 6) is 0. The molecule has 0 bridgehead atoms. The minimum atomic E-state index is 0.393. The first-order valence-electron chi connectivity index (χ1n) is 4.23. The molecule has 1 rings (SSSR count). The Morgan fingerprint density at radius 1 is 1.43 bits per heavy atom. The van der Waals surface area contributed by atoms with Gasteiger partial charge in [-0.05, 0) is 12.5 Å². The van der Waals surface area contributed by atoms with Crippen molar-refractivity contribution in [3.8, 4) is 0 Å². The van der Waals surface area contributed by atoms with Crippen molar-refractivity contribution in [1.82, 2.24) is 4.98 Å². The van der Waals surface area contributed by atoms with Gasteiger partial charge in [-0.25, -0.2) is 4.98 Å². The van der Waals surface area contributed by atoms with Gasteiger partial charge in [0.15, 0.2) is 0 Å². The molecule has 2 nitrogen and oxygen atoms in total. The van der Waals surface area contributed by atoms with E-state index in [1.54, 1.807) is 6.07 Å². The normalized spacial score (nSPS) is 10.1. The lowest BCUT2D eigenvalue weighted by molar-refractivity contribution is 0.125. The molecule has 1 heterocycles. The molecular formula is C10H11Cl2NO. The van der Waals surface area contributed by atoms with Gasteiger partial charge in [0.1, 0.15) is 10.3 Å². The van der Waals surface area contributed by atoms with E-state index in [-0.39, 0.29) is 0 Å². The summed E-state index contributed by atoms with van der Waals surface area (Å²) in [4.78, 5) is 3.90. The average Bonchev–Trinajstić information content (AvgIpc) is 2.15. The minimum absolute atomic E-state index is 0.393. The van der Waals surface area contributed by atoms with Crippen LogP contribution in [0.25, 0.3) is 0 Å². The first kappa shape index (κ1) is 11.5. The molecule has 0 atom stereocenters. The maximum atomic E-state index is 5.85. The quantitative estimate of drug-likeness (QED) is 0.440. The van der Waals surface area contributed by atoms with Crippen LogP contribution in [0.5, 0.6) is 0 Å². The summed E-state index contributed by atoms with van der Waals surface area (Å²) in [5, 5.41) is 0.793. The van der Waals surface area contributed by atoms with E-state index in [4.69, 9.17) is 27.9 Å². The molecule has 0 radical (unpaired) electrons. The van der Waals surface area contributed by atoms with E-state index in [0.29, 0.717) is 23.5 Å². The fraction of sp³-hybridized carbons (Fsp3) is 0.300. The number of hydrogen-bond donors (Lipinski definition) is 0. The van der Waals surface area contributed by atoms with Crippen molar-refractivity contribution < 1.29 is 4.74 Å². The topological polar surface area (TPSA) is 22.1 Å². The molecule has 0 N–H and O–H groups in total. The molecule has 14 heavy (non-hydrogen) atoms. The van der Waals surface area contributed by atoms with Gasteiger partial charge in [0, 0.05) is 5.56 Å². The summed E-state index contributed by atoms with van der Waals surface area (Å²) in [6.45, 7) is 4.70. The summed E-state index contributed by atoms with van der Waals surface area (Å²) in [6.07, 6.45) is 2.64. The van der Waals surface area contributed by atoms with Crippen molar-refractivity contribution in [2.75, 3.05) is 6.61 Å². The van der Waals surface area contributed by atoms with E-state index in [1.807, 2.05) is 12.1 Å². The Kier molecular flexibility index (Phi) is 4.94. The van der Waals surface area contributed by atoms with E-state index in [0.717, 1.165) is 12.0 Å². The van der Waals surface area contributed by atoms with Crippen LogP contribution < -0.4 is 0 Å². The maximum absolute atomic E-state index is 5.85. The molecule has 0 saturated carbocycles. The zero-order valence-electron chi connectivity index (χ0n) is 7.67. The van der Waals surface area contributed by atoms with Crippen LogP contribution >= 0.6 is 23.2 Å². The number of halogens is 2. The zero-order valence-corrected chi connectivity index (χ0v) is 9.18. The molecule has 0 spiro atoms. The summed E-state index contributed by atoms with van der Waals surface area (Å²) in [6, 6.07) is 3.51. The predicted octanol–water partition coefficient (Wildman–Crippen LogP) is 3.48. The Balaban J connectivity index is 2.46. The highest BCUT2D eigenvalue weighted by Crippen LogP contribution is 2.17. The van der Waals surface area contributed by atoms with Crippen LogP contribution in [0, 0.1) is 0 Å². The van der Waals surface area contributed by atoms with E-state index >= 15 is 0 Å². The second kappa shape index (κ2) is 6.02. The Bertz CT molecular complexity index is 315. The van der Waals surface area contributed by atoms with Gasteiger partial charge in [-0.3, -0.25) is 0 Å². The first-order chi connectivity index (χ1) is 6.74. The molecule has 0 aliphatic heterocycles. The van der Waals surface area contributed by atoms with Gasteiger partial charge in [-0.15, -0.1) is 6.58 Å². The lowest BCUT2D eigenvalue weighted by Crippen LogP contribution is -1.96. The fourth-order valence-electron chi connectivity index (χ4n) is 0.897. The molecule has 0 aliphatic rings. The SMILES string of the molecule is C=CCCOCc1ccc(Cl)nc1Cl. The Labute approximate surface area is 93.5 Å². The average molecular weight is 232 g/mol. The van der Waals surface area contributed by atoms with Gasteiger partial charge in [0.25, 0.3) is 0 Å². The lowest BCUT2D eigenvalue weighted by Gasteiger charge is -2.04. The number of ether oxygens (including phenoxy) is 1. The van der Waals surface area contributed by atoms with Crippen LogP contribution in [0.3, 0.4) is 0 Å². The van der Waals surface area contributed by atoms with Crippen LogP contribution in [0.1, 0.15) is 12.0 Å². The van der Waals surface area contributed by atoms with E-state index in [2.05, 4.69) is 11.6 Å². The van der Waals surface area contributed by atoms with Crippen LogP contribution in [0.4, 0.5) is 0 Å². The molecule has 1 aromatic heterocycles. The van der Waals surface area contributed by atoms with Crippen LogP contribution in [-0.2, 0) is 11.3 Å². The molecule has 76 valence electrons. The van der Waals surface area contributed by atoms with Gasteiger partial charge in [0.05, 0.1) is 13.2 Å². The zero-order chi connectivity index (χ0) is 10.4. The van der Waals surface area contributed by atoms with Crippen LogP contribution in [0.2, 0.25) is 10.3 Å². The van der Waals surface area contributed by atoms with Crippen LogP contribution in [-0.4, -0.2) is 11.6 Å². The van der Waals surface area contributed by atoms with E-state index < -0.39 is 0 Å². The molecule has 4 heteroatoms. The molecule has 0 aromatic carbocycles. The van der Waals surface area contributed by atoms with Crippen molar-refractivity contribution in [1.29, 1.82) is 0 Å². The van der Waals surface area contributed by atoms with Crippen molar-refractivity contribution in [3.05, 3.63) is 40.7 Å². The third kappa shape index (κ3) is 3.66. The molecule has 0 unspecified atom stereocenters. The first-order valence-corrected chi connectivity index (χ1v) is 4.99. The fourth-order valence-corrected chi connectivity index (χ4v) is 1.30. The number of rotatable bonds is 5. The highest BCUT2D eigenvalue weighted by molar-refractivity contribution is 6.32. The second-order valence-electron chi connectivity index (χ2n) is 2.71. The standard InChI is InChI=1S/C10H11Cl2NO/c1-2-3-6-14-7-8-4-5-9(11)13-10(8)12/h2,4-5H,1,3,6-7H2. The van der Waals surface area contributed by atoms with Crippen molar-refractivity contribution >= 4 is 23.2 Å². The van der Waals surface area contributed by atoms with Gasteiger partial charge >= 0.3 is 0 Å². The maximum Gasteiger partial charge on any atom is 0.136 e. The van der Waals surface area contributed by atoms with Crippen LogP contribution in [0.15, 0.2) is 24.8 Å². The number of aromatic nitrogens is 1. The molecule has 0 aliphatic carbocycles. The highest BCUT2D eigenvalue weighted by Gasteiger charge is 2.01. The third-order valence-corrected chi connectivity index (χ3v) is 2.15. The monoisotopic (exact) mass is 231 g/mol. The predicted molar refractivity (Wildman–Crippen MR) is 58.7 cm³/mol. The summed E-state index contributed by atoms with van der Waals surface area (Å²) in [5.41, 5.74) is 0.847. The minimum Gasteiger partial charge on any atom is -0.376 e. The molecule has 1 aromatic rings. The smallest absolute Gasteiger partial charge is 0.136 e. The Morgan fingerprint density at radius 2 is 2.21 bits per heavy atom. The summed E-state index contributed by atoms with van der Waals surface area (Å²) >= 11 is 11.5. The van der Waals surface area contributed by atoms with E-state index in [1.165, 1.54) is 0 Å². The van der Waals surface area contributed by atoms with Gasteiger partial charge < -0.3 is 4.74 Å².